The molecule has 112 valence electrons. The minimum Gasteiger partial charge on any atom is -0.300 e. The smallest absolute Gasteiger partial charge is 0.213 e. The molecule has 0 aromatic carbocycles. The maximum Gasteiger partial charge on any atom is 0.213 e. The summed E-state index contributed by atoms with van der Waals surface area (Å²) in [6.07, 6.45) is 3.53. The van der Waals surface area contributed by atoms with Gasteiger partial charge in [-0.25, -0.2) is 12.7 Å². The maximum atomic E-state index is 12.0. The molecule has 6 nitrogen and oxygen atoms in total. The topological polar surface area (TPSA) is 71.0 Å². The molecule has 1 N–H and O–H groups in total. The molecule has 1 fully saturated rings. The van der Waals surface area contributed by atoms with E-state index in [0.29, 0.717) is 24.4 Å². The molecule has 0 bridgehead atoms. The molecule has 2 rings (SSSR count). The Morgan fingerprint density at radius 3 is 3.00 bits per heavy atom. The van der Waals surface area contributed by atoms with Crippen LogP contribution in [-0.4, -0.2) is 46.3 Å². The van der Waals surface area contributed by atoms with E-state index in [-0.39, 0.29) is 11.7 Å². The lowest BCUT2D eigenvalue weighted by Gasteiger charge is -2.31. The fourth-order valence-corrected chi connectivity index (χ4v) is 3.93. The number of aromatic amines is 1. The highest BCUT2D eigenvalue weighted by Gasteiger charge is 2.30. The van der Waals surface area contributed by atoms with Gasteiger partial charge in [-0.1, -0.05) is 6.08 Å². The summed E-state index contributed by atoms with van der Waals surface area (Å²) >= 11 is 5.20. The molecule has 1 aromatic heterocycles. The van der Waals surface area contributed by atoms with E-state index in [4.69, 9.17) is 12.2 Å². The Balaban J connectivity index is 2.26. The first-order valence-corrected chi connectivity index (χ1v) is 8.75. The molecule has 8 heteroatoms. The first kappa shape index (κ1) is 15.4. The zero-order valence-corrected chi connectivity index (χ0v) is 13.2. The molecule has 20 heavy (non-hydrogen) atoms. The van der Waals surface area contributed by atoms with Gasteiger partial charge in [0.15, 0.2) is 4.77 Å². The third-order valence-corrected chi connectivity index (χ3v) is 5.77. The van der Waals surface area contributed by atoms with Crippen LogP contribution in [0.1, 0.15) is 31.5 Å². The van der Waals surface area contributed by atoms with Gasteiger partial charge in [-0.3, -0.25) is 5.10 Å². The van der Waals surface area contributed by atoms with Gasteiger partial charge in [0, 0.05) is 25.6 Å². The van der Waals surface area contributed by atoms with Crippen molar-refractivity contribution in [2.24, 2.45) is 0 Å². The van der Waals surface area contributed by atoms with Crippen LogP contribution in [0.25, 0.3) is 0 Å². The largest absolute Gasteiger partial charge is 0.300 e. The molecule has 1 aliphatic heterocycles. The van der Waals surface area contributed by atoms with Crippen molar-refractivity contribution in [3.63, 3.8) is 0 Å². The molecule has 0 aliphatic carbocycles. The normalized spacial score (nSPS) is 20.9. The zero-order valence-electron chi connectivity index (χ0n) is 11.6. The molecule has 1 aromatic rings. The van der Waals surface area contributed by atoms with Crippen molar-refractivity contribution in [1.82, 2.24) is 19.1 Å². The Kier molecular flexibility index (Phi) is 4.77. The van der Waals surface area contributed by atoms with Crippen LogP contribution in [0.5, 0.6) is 0 Å². The molecule has 1 aliphatic rings. The van der Waals surface area contributed by atoms with Gasteiger partial charge in [0.05, 0.1) is 5.75 Å². The molecular weight excluding hydrogens is 296 g/mol. The molecule has 0 amide bonds. The summed E-state index contributed by atoms with van der Waals surface area (Å²) in [5.41, 5.74) is 0. The Labute approximate surface area is 124 Å². The Bertz CT molecular complexity index is 632. The van der Waals surface area contributed by atoms with Crippen molar-refractivity contribution in [3.8, 4) is 0 Å². The highest BCUT2D eigenvalue weighted by atomic mass is 32.2. The van der Waals surface area contributed by atoms with E-state index in [1.165, 1.54) is 0 Å². The SMILES string of the molecule is C=CCn1c([C@H]2CCCN(S(=O)(=O)CC)C2)n[nH]c1=S. The van der Waals surface area contributed by atoms with Gasteiger partial charge < -0.3 is 4.57 Å². The van der Waals surface area contributed by atoms with E-state index in [1.807, 2.05) is 4.57 Å². The van der Waals surface area contributed by atoms with Crippen molar-refractivity contribution in [3.05, 3.63) is 23.3 Å². The predicted molar refractivity (Wildman–Crippen MR) is 80.6 cm³/mol. The van der Waals surface area contributed by atoms with E-state index >= 15 is 0 Å². The molecule has 0 unspecified atom stereocenters. The van der Waals surface area contributed by atoms with Crippen LogP contribution >= 0.6 is 12.2 Å². The highest BCUT2D eigenvalue weighted by molar-refractivity contribution is 7.89. The van der Waals surface area contributed by atoms with E-state index in [1.54, 1.807) is 17.3 Å². The molecule has 0 spiro atoms. The van der Waals surface area contributed by atoms with Gasteiger partial charge >= 0.3 is 0 Å². The predicted octanol–water partition coefficient (Wildman–Crippen LogP) is 1.66. The number of sulfonamides is 1. The van der Waals surface area contributed by atoms with Gasteiger partial charge in [-0.05, 0) is 32.0 Å². The lowest BCUT2D eigenvalue weighted by molar-refractivity contribution is 0.305. The Morgan fingerprint density at radius 2 is 2.35 bits per heavy atom. The van der Waals surface area contributed by atoms with Crippen molar-refractivity contribution >= 4 is 22.2 Å². The molecule has 0 saturated carbocycles. The van der Waals surface area contributed by atoms with Crippen molar-refractivity contribution in [2.75, 3.05) is 18.8 Å². The number of rotatable bonds is 5. The molecular formula is C12H20N4O2S2. The molecule has 1 saturated heterocycles. The monoisotopic (exact) mass is 316 g/mol. The van der Waals surface area contributed by atoms with Crippen LogP contribution in [0.15, 0.2) is 12.7 Å². The van der Waals surface area contributed by atoms with Crippen LogP contribution in [0, 0.1) is 4.77 Å². The quantitative estimate of drug-likeness (QED) is 0.662. The standard InChI is InChI=1S/C12H20N4O2S2/c1-3-7-16-11(13-14-12(16)19)10-6-5-8-15(9-10)20(17,18)4-2/h3,10H,1,4-9H2,2H3,(H,14,19)/t10-/m0/s1. The van der Waals surface area contributed by atoms with Crippen LogP contribution in [0.4, 0.5) is 0 Å². The summed E-state index contributed by atoms with van der Waals surface area (Å²) in [4.78, 5) is 0. The number of hydrogen-bond acceptors (Lipinski definition) is 4. The fourth-order valence-electron chi connectivity index (χ4n) is 2.54. The lowest BCUT2D eigenvalue weighted by atomic mass is 9.99. The number of allylic oxidation sites excluding steroid dienone is 1. The first-order valence-electron chi connectivity index (χ1n) is 6.73. The van der Waals surface area contributed by atoms with Crippen molar-refractivity contribution in [1.29, 1.82) is 0 Å². The maximum absolute atomic E-state index is 12.0. The van der Waals surface area contributed by atoms with Gasteiger partial charge in [-0.2, -0.15) is 5.10 Å². The minimum absolute atomic E-state index is 0.0815. The third-order valence-electron chi connectivity index (χ3n) is 3.61. The van der Waals surface area contributed by atoms with E-state index < -0.39 is 10.0 Å². The van der Waals surface area contributed by atoms with E-state index in [2.05, 4.69) is 16.8 Å². The zero-order chi connectivity index (χ0) is 14.8. The second kappa shape index (κ2) is 6.19. The highest BCUT2D eigenvalue weighted by Crippen LogP contribution is 2.27. The van der Waals surface area contributed by atoms with Crippen molar-refractivity contribution < 1.29 is 8.42 Å². The number of nitrogens with zero attached hydrogens (tertiary/aromatic N) is 3. The van der Waals surface area contributed by atoms with Gasteiger partial charge in [0.2, 0.25) is 10.0 Å². The molecule has 2 heterocycles. The van der Waals surface area contributed by atoms with Gasteiger partial charge in [0.1, 0.15) is 5.82 Å². The summed E-state index contributed by atoms with van der Waals surface area (Å²) in [6.45, 7) is 7.05. The fraction of sp³-hybridized carbons (Fsp3) is 0.667. The second-order valence-electron chi connectivity index (χ2n) is 4.88. The van der Waals surface area contributed by atoms with Crippen LogP contribution < -0.4 is 0 Å². The number of piperidine rings is 1. The Morgan fingerprint density at radius 1 is 1.60 bits per heavy atom. The first-order chi connectivity index (χ1) is 9.49. The third kappa shape index (κ3) is 3.02. The van der Waals surface area contributed by atoms with Crippen LogP contribution in [0.2, 0.25) is 0 Å². The van der Waals surface area contributed by atoms with Gasteiger partial charge in [-0.15, -0.1) is 6.58 Å². The molecule has 0 radical (unpaired) electrons. The average Bonchev–Trinajstić information content (AvgIpc) is 2.81. The summed E-state index contributed by atoms with van der Waals surface area (Å²) in [6, 6.07) is 0. The van der Waals surface area contributed by atoms with Crippen LogP contribution in [0.3, 0.4) is 0 Å². The van der Waals surface area contributed by atoms with E-state index in [0.717, 1.165) is 18.7 Å². The number of aromatic nitrogens is 3. The lowest BCUT2D eigenvalue weighted by Crippen LogP contribution is -2.40. The van der Waals surface area contributed by atoms with Gasteiger partial charge in [0.25, 0.3) is 0 Å². The molecule has 1 atom stereocenters. The second-order valence-corrected chi connectivity index (χ2v) is 7.53. The number of H-pyrrole nitrogens is 1. The Hall–Kier alpha value is -0.990. The summed E-state index contributed by atoms with van der Waals surface area (Å²) in [7, 11) is -3.14. The van der Waals surface area contributed by atoms with Crippen LogP contribution in [-0.2, 0) is 16.6 Å². The van der Waals surface area contributed by atoms with E-state index in [9.17, 15) is 8.42 Å². The summed E-state index contributed by atoms with van der Waals surface area (Å²) in [5, 5.41) is 7.06. The number of hydrogen-bond donors (Lipinski definition) is 1. The summed E-state index contributed by atoms with van der Waals surface area (Å²) < 4.78 is 28.0. The number of nitrogens with one attached hydrogen (secondary N) is 1. The minimum atomic E-state index is -3.14. The average molecular weight is 316 g/mol. The summed E-state index contributed by atoms with van der Waals surface area (Å²) in [5.74, 6) is 1.04. The van der Waals surface area contributed by atoms with Crippen molar-refractivity contribution in [2.45, 2.75) is 32.2 Å².